The summed E-state index contributed by atoms with van der Waals surface area (Å²) in [5.41, 5.74) is 2.04. The molecule has 1 aliphatic heterocycles. The molecule has 0 aliphatic carbocycles. The minimum atomic E-state index is -0.165. The molecule has 3 heteroatoms. The SMILES string of the molecule is O=C1OCC/C1=C\CNCc1ccccc1. The lowest BCUT2D eigenvalue weighted by Gasteiger charge is -2.01. The van der Waals surface area contributed by atoms with Gasteiger partial charge in [-0.3, -0.25) is 0 Å². The second kappa shape index (κ2) is 5.47. The summed E-state index contributed by atoms with van der Waals surface area (Å²) in [7, 11) is 0. The van der Waals surface area contributed by atoms with Crippen molar-refractivity contribution in [3.05, 3.63) is 47.5 Å². The summed E-state index contributed by atoms with van der Waals surface area (Å²) in [5.74, 6) is -0.165. The van der Waals surface area contributed by atoms with E-state index in [2.05, 4.69) is 17.4 Å². The molecule has 1 heterocycles. The molecular weight excluding hydrogens is 202 g/mol. The van der Waals surface area contributed by atoms with Crippen LogP contribution in [0.1, 0.15) is 12.0 Å². The van der Waals surface area contributed by atoms with E-state index in [0.29, 0.717) is 13.2 Å². The number of esters is 1. The molecule has 0 radical (unpaired) electrons. The van der Waals surface area contributed by atoms with Crippen LogP contribution in [0.15, 0.2) is 42.0 Å². The average molecular weight is 217 g/mol. The highest BCUT2D eigenvalue weighted by atomic mass is 16.5. The van der Waals surface area contributed by atoms with E-state index in [1.54, 1.807) is 0 Å². The van der Waals surface area contributed by atoms with Crippen molar-refractivity contribution < 1.29 is 9.53 Å². The summed E-state index contributed by atoms with van der Waals surface area (Å²) in [5, 5.41) is 3.26. The predicted molar refractivity (Wildman–Crippen MR) is 61.8 cm³/mol. The molecule has 0 saturated carbocycles. The largest absolute Gasteiger partial charge is 0.462 e. The highest BCUT2D eigenvalue weighted by Gasteiger charge is 2.17. The summed E-state index contributed by atoms with van der Waals surface area (Å²) >= 11 is 0. The van der Waals surface area contributed by atoms with Crippen molar-refractivity contribution in [1.82, 2.24) is 5.32 Å². The van der Waals surface area contributed by atoms with Gasteiger partial charge < -0.3 is 10.1 Å². The van der Waals surface area contributed by atoms with Gasteiger partial charge in [0, 0.05) is 25.1 Å². The number of hydrogen-bond acceptors (Lipinski definition) is 3. The first kappa shape index (κ1) is 10.9. The van der Waals surface area contributed by atoms with Crippen LogP contribution in [0.25, 0.3) is 0 Å². The van der Waals surface area contributed by atoms with E-state index in [1.807, 2.05) is 24.3 Å². The summed E-state index contributed by atoms with van der Waals surface area (Å²) in [6.07, 6.45) is 2.66. The van der Waals surface area contributed by atoms with Gasteiger partial charge in [0.05, 0.1) is 6.61 Å². The number of hydrogen-bond donors (Lipinski definition) is 1. The predicted octanol–water partition coefficient (Wildman–Crippen LogP) is 1.65. The Morgan fingerprint density at radius 3 is 2.81 bits per heavy atom. The van der Waals surface area contributed by atoms with E-state index >= 15 is 0 Å². The van der Waals surface area contributed by atoms with E-state index in [-0.39, 0.29) is 5.97 Å². The van der Waals surface area contributed by atoms with Crippen molar-refractivity contribution in [3.8, 4) is 0 Å². The van der Waals surface area contributed by atoms with Gasteiger partial charge in [-0.05, 0) is 5.56 Å². The monoisotopic (exact) mass is 217 g/mol. The van der Waals surface area contributed by atoms with Gasteiger partial charge in [0.25, 0.3) is 0 Å². The van der Waals surface area contributed by atoms with Gasteiger partial charge in [-0.25, -0.2) is 4.79 Å². The third-order valence-corrected chi connectivity index (χ3v) is 2.53. The molecule has 0 bridgehead atoms. The maximum absolute atomic E-state index is 11.1. The van der Waals surface area contributed by atoms with Crippen molar-refractivity contribution in [2.75, 3.05) is 13.2 Å². The molecule has 1 aromatic rings. The van der Waals surface area contributed by atoms with Crippen LogP contribution >= 0.6 is 0 Å². The van der Waals surface area contributed by atoms with Crippen molar-refractivity contribution in [3.63, 3.8) is 0 Å². The second-order valence-electron chi connectivity index (χ2n) is 3.73. The normalized spacial score (nSPS) is 17.8. The maximum atomic E-state index is 11.1. The molecule has 16 heavy (non-hydrogen) atoms. The lowest BCUT2D eigenvalue weighted by molar-refractivity contribution is -0.135. The minimum Gasteiger partial charge on any atom is -0.462 e. The first-order valence-electron chi connectivity index (χ1n) is 5.47. The Balaban J connectivity index is 1.75. The Morgan fingerprint density at radius 1 is 1.31 bits per heavy atom. The van der Waals surface area contributed by atoms with Crippen LogP contribution in [0, 0.1) is 0 Å². The smallest absolute Gasteiger partial charge is 0.333 e. The highest BCUT2D eigenvalue weighted by molar-refractivity contribution is 5.90. The maximum Gasteiger partial charge on any atom is 0.333 e. The fraction of sp³-hybridized carbons (Fsp3) is 0.308. The fourth-order valence-corrected chi connectivity index (χ4v) is 1.64. The lowest BCUT2D eigenvalue weighted by Crippen LogP contribution is -2.13. The van der Waals surface area contributed by atoms with Gasteiger partial charge in [-0.1, -0.05) is 36.4 Å². The Kier molecular flexibility index (Phi) is 3.72. The minimum absolute atomic E-state index is 0.165. The number of carbonyl (C=O) groups excluding carboxylic acids is 1. The van der Waals surface area contributed by atoms with Crippen LogP contribution in [0.5, 0.6) is 0 Å². The molecule has 2 rings (SSSR count). The van der Waals surface area contributed by atoms with E-state index < -0.39 is 0 Å². The highest BCUT2D eigenvalue weighted by Crippen LogP contribution is 2.11. The molecule has 1 N–H and O–H groups in total. The Morgan fingerprint density at radius 2 is 2.12 bits per heavy atom. The van der Waals surface area contributed by atoms with Crippen LogP contribution in [-0.4, -0.2) is 19.1 Å². The summed E-state index contributed by atoms with van der Waals surface area (Å²) < 4.78 is 4.85. The fourth-order valence-electron chi connectivity index (χ4n) is 1.64. The topological polar surface area (TPSA) is 38.3 Å². The molecule has 0 atom stereocenters. The van der Waals surface area contributed by atoms with Crippen LogP contribution in [0.3, 0.4) is 0 Å². The van der Waals surface area contributed by atoms with Crippen molar-refractivity contribution in [2.24, 2.45) is 0 Å². The average Bonchev–Trinajstić information content (AvgIpc) is 2.72. The molecule has 1 aliphatic rings. The lowest BCUT2D eigenvalue weighted by atomic mass is 10.2. The van der Waals surface area contributed by atoms with Crippen LogP contribution in [-0.2, 0) is 16.1 Å². The zero-order valence-corrected chi connectivity index (χ0v) is 9.11. The number of carbonyl (C=O) groups is 1. The Bertz CT molecular complexity index is 384. The van der Waals surface area contributed by atoms with Gasteiger partial charge in [0.1, 0.15) is 0 Å². The molecule has 0 amide bonds. The van der Waals surface area contributed by atoms with Gasteiger partial charge in [-0.2, -0.15) is 0 Å². The van der Waals surface area contributed by atoms with E-state index in [9.17, 15) is 4.79 Å². The third kappa shape index (κ3) is 2.94. The Labute approximate surface area is 95.1 Å². The summed E-state index contributed by atoms with van der Waals surface area (Å²) in [6.45, 7) is 2.06. The summed E-state index contributed by atoms with van der Waals surface area (Å²) in [6, 6.07) is 10.2. The number of ether oxygens (including phenoxy) is 1. The van der Waals surface area contributed by atoms with Crippen molar-refractivity contribution in [2.45, 2.75) is 13.0 Å². The van der Waals surface area contributed by atoms with Crippen molar-refractivity contribution >= 4 is 5.97 Å². The van der Waals surface area contributed by atoms with Crippen LogP contribution in [0.4, 0.5) is 0 Å². The van der Waals surface area contributed by atoms with Gasteiger partial charge in [-0.15, -0.1) is 0 Å². The van der Waals surface area contributed by atoms with E-state index in [1.165, 1.54) is 5.56 Å². The van der Waals surface area contributed by atoms with Crippen LogP contribution < -0.4 is 5.32 Å². The van der Waals surface area contributed by atoms with Crippen LogP contribution in [0.2, 0.25) is 0 Å². The van der Waals surface area contributed by atoms with Crippen molar-refractivity contribution in [1.29, 1.82) is 0 Å². The van der Waals surface area contributed by atoms with E-state index in [0.717, 1.165) is 18.5 Å². The van der Waals surface area contributed by atoms with E-state index in [4.69, 9.17) is 4.74 Å². The first-order chi connectivity index (χ1) is 7.86. The number of benzene rings is 1. The molecule has 0 spiro atoms. The van der Waals surface area contributed by atoms with Gasteiger partial charge in [0.2, 0.25) is 0 Å². The number of nitrogens with one attached hydrogen (secondary N) is 1. The molecule has 84 valence electrons. The molecule has 1 aromatic carbocycles. The standard InChI is InChI=1S/C13H15NO2/c15-13-12(7-9-16-13)6-8-14-10-11-4-2-1-3-5-11/h1-6,14H,7-10H2/b12-6+. The number of cyclic esters (lactones) is 1. The molecule has 0 aromatic heterocycles. The second-order valence-corrected chi connectivity index (χ2v) is 3.73. The summed E-state index contributed by atoms with van der Waals surface area (Å²) in [4.78, 5) is 11.1. The van der Waals surface area contributed by atoms with Gasteiger partial charge >= 0.3 is 5.97 Å². The molecular formula is C13H15NO2. The molecule has 3 nitrogen and oxygen atoms in total. The first-order valence-corrected chi connectivity index (χ1v) is 5.47. The zero-order valence-electron chi connectivity index (χ0n) is 9.11. The quantitative estimate of drug-likeness (QED) is 0.473. The zero-order chi connectivity index (χ0) is 11.2. The molecule has 1 fully saturated rings. The van der Waals surface area contributed by atoms with Gasteiger partial charge in [0.15, 0.2) is 0 Å². The molecule has 0 unspecified atom stereocenters. The number of rotatable bonds is 4. The third-order valence-electron chi connectivity index (χ3n) is 2.53. The molecule has 1 saturated heterocycles. The Hall–Kier alpha value is -1.61.